The molecule has 1 aliphatic carbocycles. The molecule has 2 fully saturated rings. The molecule has 13 heavy (non-hydrogen) atoms. The zero-order chi connectivity index (χ0) is 9.47. The van der Waals surface area contributed by atoms with Crippen molar-refractivity contribution >= 4 is 6.09 Å². The summed E-state index contributed by atoms with van der Waals surface area (Å²) in [7, 11) is 0. The smallest absolute Gasteiger partial charge is 0.407 e. The van der Waals surface area contributed by atoms with E-state index in [1.54, 1.807) is 0 Å². The standard InChI is InChI=1S/C9H16N2O2/c10-9(3-1-4-9)7-2-5-11(6-7)8(12)13/h7H,1-6,10H2,(H,12,13). The molecule has 2 rings (SSSR count). The zero-order valence-corrected chi connectivity index (χ0v) is 7.70. The van der Waals surface area contributed by atoms with Gasteiger partial charge >= 0.3 is 6.09 Å². The molecule has 0 aromatic rings. The normalized spacial score (nSPS) is 31.5. The van der Waals surface area contributed by atoms with Crippen molar-refractivity contribution < 1.29 is 9.90 Å². The first-order valence-corrected chi connectivity index (χ1v) is 4.88. The summed E-state index contributed by atoms with van der Waals surface area (Å²) in [6, 6.07) is 0. The first-order valence-electron chi connectivity index (χ1n) is 4.88. The van der Waals surface area contributed by atoms with E-state index in [0.717, 1.165) is 19.3 Å². The van der Waals surface area contributed by atoms with Gasteiger partial charge in [-0.2, -0.15) is 0 Å². The highest BCUT2D eigenvalue weighted by Gasteiger charge is 2.44. The Morgan fingerprint density at radius 1 is 1.54 bits per heavy atom. The molecule has 0 spiro atoms. The first kappa shape index (κ1) is 8.81. The molecule has 0 bridgehead atoms. The van der Waals surface area contributed by atoms with Crippen LogP contribution in [0, 0.1) is 5.92 Å². The van der Waals surface area contributed by atoms with Crippen molar-refractivity contribution in [3.63, 3.8) is 0 Å². The Labute approximate surface area is 77.7 Å². The van der Waals surface area contributed by atoms with E-state index in [1.807, 2.05) is 0 Å². The molecule has 74 valence electrons. The molecule has 1 heterocycles. The van der Waals surface area contributed by atoms with Gasteiger partial charge in [0.2, 0.25) is 0 Å². The lowest BCUT2D eigenvalue weighted by atomic mass is 9.68. The average molecular weight is 184 g/mol. The molecule has 0 aromatic carbocycles. The molecule has 0 radical (unpaired) electrons. The van der Waals surface area contributed by atoms with E-state index in [-0.39, 0.29) is 5.54 Å². The fraction of sp³-hybridized carbons (Fsp3) is 0.889. The van der Waals surface area contributed by atoms with Crippen LogP contribution in [0.25, 0.3) is 0 Å². The minimum atomic E-state index is -0.801. The van der Waals surface area contributed by atoms with Crippen molar-refractivity contribution in [1.29, 1.82) is 0 Å². The molecule has 1 unspecified atom stereocenters. The molecular weight excluding hydrogens is 168 g/mol. The summed E-state index contributed by atoms with van der Waals surface area (Å²) in [5, 5.41) is 8.77. The van der Waals surface area contributed by atoms with E-state index in [9.17, 15) is 4.79 Å². The lowest BCUT2D eigenvalue weighted by Gasteiger charge is -2.43. The minimum absolute atomic E-state index is 0.0375. The van der Waals surface area contributed by atoms with Crippen LogP contribution in [0.2, 0.25) is 0 Å². The number of hydrogen-bond acceptors (Lipinski definition) is 2. The van der Waals surface area contributed by atoms with Crippen LogP contribution in [0.5, 0.6) is 0 Å². The Hall–Kier alpha value is -0.770. The van der Waals surface area contributed by atoms with Crippen molar-refractivity contribution in [3.8, 4) is 0 Å². The van der Waals surface area contributed by atoms with Gasteiger partial charge in [0.1, 0.15) is 0 Å². The van der Waals surface area contributed by atoms with Gasteiger partial charge in [-0.15, -0.1) is 0 Å². The van der Waals surface area contributed by atoms with Gasteiger partial charge in [-0.05, 0) is 31.6 Å². The van der Waals surface area contributed by atoms with Crippen molar-refractivity contribution in [2.75, 3.05) is 13.1 Å². The number of nitrogens with zero attached hydrogens (tertiary/aromatic N) is 1. The SMILES string of the molecule is NC1(C2CCN(C(=O)O)C2)CCC1. The zero-order valence-electron chi connectivity index (χ0n) is 7.70. The molecule has 3 N–H and O–H groups in total. The maximum atomic E-state index is 10.7. The summed E-state index contributed by atoms with van der Waals surface area (Å²) in [5.41, 5.74) is 6.11. The van der Waals surface area contributed by atoms with Crippen LogP contribution in [0.1, 0.15) is 25.7 Å². The second-order valence-corrected chi connectivity index (χ2v) is 4.30. The number of hydrogen-bond donors (Lipinski definition) is 2. The Balaban J connectivity index is 1.94. The third-order valence-corrected chi connectivity index (χ3v) is 3.56. The Morgan fingerprint density at radius 2 is 2.23 bits per heavy atom. The maximum Gasteiger partial charge on any atom is 0.407 e. The lowest BCUT2D eigenvalue weighted by molar-refractivity contribution is 0.135. The molecule has 1 amide bonds. The molecule has 2 aliphatic rings. The van der Waals surface area contributed by atoms with E-state index in [2.05, 4.69) is 0 Å². The van der Waals surface area contributed by atoms with Crippen LogP contribution in [0.15, 0.2) is 0 Å². The molecular formula is C9H16N2O2. The number of carbonyl (C=O) groups is 1. The predicted molar refractivity (Wildman–Crippen MR) is 48.5 cm³/mol. The van der Waals surface area contributed by atoms with E-state index < -0.39 is 6.09 Å². The van der Waals surface area contributed by atoms with Gasteiger partial charge in [-0.25, -0.2) is 4.79 Å². The van der Waals surface area contributed by atoms with Crippen molar-refractivity contribution in [2.24, 2.45) is 11.7 Å². The van der Waals surface area contributed by atoms with Crippen LogP contribution in [-0.4, -0.2) is 34.7 Å². The summed E-state index contributed by atoms with van der Waals surface area (Å²) in [6.45, 7) is 1.31. The van der Waals surface area contributed by atoms with E-state index in [1.165, 1.54) is 11.3 Å². The Morgan fingerprint density at radius 3 is 2.62 bits per heavy atom. The molecule has 4 nitrogen and oxygen atoms in total. The Kier molecular flexibility index (Phi) is 1.95. The van der Waals surface area contributed by atoms with Crippen LogP contribution in [0.3, 0.4) is 0 Å². The maximum absolute atomic E-state index is 10.7. The van der Waals surface area contributed by atoms with Crippen LogP contribution in [0.4, 0.5) is 4.79 Å². The highest BCUT2D eigenvalue weighted by molar-refractivity contribution is 5.65. The van der Waals surface area contributed by atoms with Gasteiger partial charge in [0.15, 0.2) is 0 Å². The minimum Gasteiger partial charge on any atom is -0.465 e. The summed E-state index contributed by atoms with van der Waals surface area (Å²) in [5.74, 6) is 0.400. The predicted octanol–water partition coefficient (Wildman–Crippen LogP) is 0.868. The highest BCUT2D eigenvalue weighted by atomic mass is 16.4. The van der Waals surface area contributed by atoms with E-state index in [4.69, 9.17) is 10.8 Å². The van der Waals surface area contributed by atoms with Gasteiger partial charge in [0.05, 0.1) is 0 Å². The number of amides is 1. The molecule has 4 heteroatoms. The average Bonchev–Trinajstić information content (AvgIpc) is 2.48. The fourth-order valence-electron chi connectivity index (χ4n) is 2.40. The van der Waals surface area contributed by atoms with Crippen LogP contribution < -0.4 is 5.73 Å². The second kappa shape index (κ2) is 2.87. The molecule has 1 aliphatic heterocycles. The topological polar surface area (TPSA) is 66.6 Å². The van der Waals surface area contributed by atoms with Crippen molar-refractivity contribution in [1.82, 2.24) is 4.90 Å². The summed E-state index contributed by atoms with van der Waals surface area (Å²) < 4.78 is 0. The fourth-order valence-corrected chi connectivity index (χ4v) is 2.40. The van der Waals surface area contributed by atoms with Gasteiger partial charge in [0.25, 0.3) is 0 Å². The number of rotatable bonds is 1. The summed E-state index contributed by atoms with van der Waals surface area (Å²) in [6.07, 6.45) is 3.50. The quantitative estimate of drug-likeness (QED) is 0.635. The first-order chi connectivity index (χ1) is 6.12. The third-order valence-electron chi connectivity index (χ3n) is 3.56. The highest BCUT2D eigenvalue weighted by Crippen LogP contribution is 2.40. The lowest BCUT2D eigenvalue weighted by Crippen LogP contribution is -2.53. The number of carboxylic acid groups (broad SMARTS) is 1. The third kappa shape index (κ3) is 1.39. The van der Waals surface area contributed by atoms with Crippen molar-refractivity contribution in [3.05, 3.63) is 0 Å². The van der Waals surface area contributed by atoms with E-state index >= 15 is 0 Å². The molecule has 0 aromatic heterocycles. The summed E-state index contributed by atoms with van der Waals surface area (Å²) in [4.78, 5) is 12.1. The molecule has 1 saturated carbocycles. The molecule has 1 saturated heterocycles. The van der Waals surface area contributed by atoms with Crippen LogP contribution in [-0.2, 0) is 0 Å². The summed E-state index contributed by atoms with van der Waals surface area (Å²) >= 11 is 0. The largest absolute Gasteiger partial charge is 0.465 e. The number of likely N-dealkylation sites (tertiary alicyclic amines) is 1. The van der Waals surface area contributed by atoms with Gasteiger partial charge < -0.3 is 15.7 Å². The van der Waals surface area contributed by atoms with Crippen LogP contribution >= 0.6 is 0 Å². The van der Waals surface area contributed by atoms with E-state index in [0.29, 0.717) is 19.0 Å². The second-order valence-electron chi connectivity index (χ2n) is 4.30. The van der Waals surface area contributed by atoms with Gasteiger partial charge in [0, 0.05) is 18.6 Å². The molecule has 1 atom stereocenters. The van der Waals surface area contributed by atoms with Gasteiger partial charge in [-0.3, -0.25) is 0 Å². The Bertz CT molecular complexity index is 226. The number of nitrogens with two attached hydrogens (primary N) is 1. The van der Waals surface area contributed by atoms with Crippen molar-refractivity contribution in [2.45, 2.75) is 31.2 Å². The monoisotopic (exact) mass is 184 g/mol. The van der Waals surface area contributed by atoms with Gasteiger partial charge in [-0.1, -0.05) is 0 Å².